The van der Waals surface area contributed by atoms with Crippen molar-refractivity contribution in [2.75, 3.05) is 19.0 Å². The lowest BCUT2D eigenvalue weighted by atomic mass is 10.2. The minimum absolute atomic E-state index is 0.0149. The molecule has 0 fully saturated rings. The van der Waals surface area contributed by atoms with Crippen molar-refractivity contribution in [2.45, 2.75) is 6.92 Å². The summed E-state index contributed by atoms with van der Waals surface area (Å²) in [7, 11) is 1.60. The van der Waals surface area contributed by atoms with Crippen LogP contribution in [0.5, 0.6) is 11.5 Å². The van der Waals surface area contributed by atoms with Crippen LogP contribution in [0, 0.1) is 5.92 Å². The number of nitrogens with one attached hydrogen (secondary N) is 1. The molecule has 0 aromatic heterocycles. The van der Waals surface area contributed by atoms with Gasteiger partial charge in [-0.15, -0.1) is 0 Å². The Kier molecular flexibility index (Phi) is 2.49. The first-order valence-electron chi connectivity index (χ1n) is 4.82. The zero-order valence-electron chi connectivity index (χ0n) is 8.74. The first-order chi connectivity index (χ1) is 7.20. The van der Waals surface area contributed by atoms with Crippen LogP contribution in [0.15, 0.2) is 18.2 Å². The van der Waals surface area contributed by atoms with Gasteiger partial charge in [0.25, 0.3) is 0 Å². The topological polar surface area (TPSA) is 47.6 Å². The van der Waals surface area contributed by atoms with Crippen molar-refractivity contribution in [3.8, 4) is 11.5 Å². The van der Waals surface area contributed by atoms with Gasteiger partial charge in [-0.2, -0.15) is 0 Å². The van der Waals surface area contributed by atoms with Crippen molar-refractivity contribution in [3.05, 3.63) is 18.2 Å². The van der Waals surface area contributed by atoms with Crippen molar-refractivity contribution in [1.29, 1.82) is 0 Å². The van der Waals surface area contributed by atoms with Crippen LogP contribution in [0.1, 0.15) is 6.92 Å². The van der Waals surface area contributed by atoms with Gasteiger partial charge in [0.2, 0.25) is 5.91 Å². The van der Waals surface area contributed by atoms with E-state index >= 15 is 0 Å². The number of amides is 1. The zero-order valence-corrected chi connectivity index (χ0v) is 8.74. The first kappa shape index (κ1) is 9.83. The summed E-state index contributed by atoms with van der Waals surface area (Å²) >= 11 is 0. The Morgan fingerprint density at radius 3 is 3.07 bits per heavy atom. The highest BCUT2D eigenvalue weighted by atomic mass is 16.5. The van der Waals surface area contributed by atoms with Crippen LogP contribution in [-0.2, 0) is 4.79 Å². The fourth-order valence-electron chi connectivity index (χ4n) is 1.40. The number of fused-ring (bicyclic) bond motifs is 1. The number of hydrogen-bond donors (Lipinski definition) is 1. The van der Waals surface area contributed by atoms with Crippen LogP contribution >= 0.6 is 0 Å². The Bertz CT molecular complexity index is 389. The maximum Gasteiger partial charge on any atom is 0.230 e. The Morgan fingerprint density at radius 2 is 2.33 bits per heavy atom. The molecule has 1 unspecified atom stereocenters. The van der Waals surface area contributed by atoms with Crippen LogP contribution in [0.4, 0.5) is 5.69 Å². The number of carbonyl (C=O) groups is 1. The molecule has 0 saturated heterocycles. The van der Waals surface area contributed by atoms with Gasteiger partial charge in [0.05, 0.1) is 25.3 Å². The van der Waals surface area contributed by atoms with Crippen LogP contribution in [0.2, 0.25) is 0 Å². The summed E-state index contributed by atoms with van der Waals surface area (Å²) in [4.78, 5) is 11.5. The van der Waals surface area contributed by atoms with Gasteiger partial charge >= 0.3 is 0 Å². The molecule has 4 heteroatoms. The van der Waals surface area contributed by atoms with Gasteiger partial charge in [0.1, 0.15) is 11.5 Å². The summed E-state index contributed by atoms with van der Waals surface area (Å²) < 4.78 is 10.6. The molecule has 0 radical (unpaired) electrons. The summed E-state index contributed by atoms with van der Waals surface area (Å²) in [5.74, 6) is 1.23. The van der Waals surface area contributed by atoms with Crippen LogP contribution < -0.4 is 14.8 Å². The monoisotopic (exact) mass is 207 g/mol. The second-order valence-corrected chi connectivity index (χ2v) is 3.56. The molecule has 4 nitrogen and oxygen atoms in total. The molecule has 15 heavy (non-hydrogen) atoms. The lowest BCUT2D eigenvalue weighted by Gasteiger charge is -2.08. The summed E-state index contributed by atoms with van der Waals surface area (Å²) in [6, 6.07) is 5.34. The Balaban J connectivity index is 2.34. The molecule has 1 N–H and O–H groups in total. The van der Waals surface area contributed by atoms with E-state index in [-0.39, 0.29) is 11.8 Å². The van der Waals surface area contributed by atoms with E-state index in [2.05, 4.69) is 5.32 Å². The minimum atomic E-state index is -0.136. The molecule has 1 aliphatic heterocycles. The van der Waals surface area contributed by atoms with E-state index in [4.69, 9.17) is 9.47 Å². The Labute approximate surface area is 88.2 Å². The number of hydrogen-bond acceptors (Lipinski definition) is 3. The molecular formula is C11H13NO3. The number of methoxy groups -OCH3 is 1. The molecule has 1 aromatic rings. The quantitative estimate of drug-likeness (QED) is 0.761. The average molecular weight is 207 g/mol. The van der Waals surface area contributed by atoms with Crippen molar-refractivity contribution in [3.63, 3.8) is 0 Å². The Hall–Kier alpha value is -1.71. The average Bonchev–Trinajstić information content (AvgIpc) is 2.39. The molecule has 0 aliphatic carbocycles. The second kappa shape index (κ2) is 3.81. The fourth-order valence-corrected chi connectivity index (χ4v) is 1.40. The summed E-state index contributed by atoms with van der Waals surface area (Å²) in [5.41, 5.74) is 0.699. The molecule has 0 bridgehead atoms. The number of anilines is 1. The lowest BCUT2D eigenvalue weighted by Crippen LogP contribution is -2.21. The third-order valence-corrected chi connectivity index (χ3v) is 2.38. The normalized spacial score (nSPS) is 19.6. The Morgan fingerprint density at radius 1 is 1.53 bits per heavy atom. The van der Waals surface area contributed by atoms with Gasteiger partial charge in [-0.1, -0.05) is 6.92 Å². The molecule has 0 spiro atoms. The smallest absolute Gasteiger partial charge is 0.230 e. The maximum absolute atomic E-state index is 11.5. The second-order valence-electron chi connectivity index (χ2n) is 3.56. The van der Waals surface area contributed by atoms with Crippen molar-refractivity contribution in [1.82, 2.24) is 0 Å². The highest BCUT2D eigenvalue weighted by Gasteiger charge is 2.20. The van der Waals surface area contributed by atoms with Gasteiger partial charge in [0, 0.05) is 6.07 Å². The van der Waals surface area contributed by atoms with Gasteiger partial charge in [0.15, 0.2) is 0 Å². The van der Waals surface area contributed by atoms with Gasteiger partial charge < -0.3 is 14.8 Å². The van der Waals surface area contributed by atoms with Gasteiger partial charge in [-0.3, -0.25) is 4.79 Å². The highest BCUT2D eigenvalue weighted by Crippen LogP contribution is 2.31. The number of rotatable bonds is 1. The molecule has 1 atom stereocenters. The summed E-state index contributed by atoms with van der Waals surface area (Å²) in [6.07, 6.45) is 0. The van der Waals surface area contributed by atoms with E-state index in [0.29, 0.717) is 18.0 Å². The molecule has 80 valence electrons. The maximum atomic E-state index is 11.5. The number of ether oxygens (including phenoxy) is 2. The predicted molar refractivity (Wildman–Crippen MR) is 56.3 cm³/mol. The third kappa shape index (κ3) is 1.88. The standard InChI is InChI=1S/C11H13NO3/c1-7-6-15-10-5-8(14-2)3-4-9(10)12-11(7)13/h3-5,7H,6H2,1-2H3,(H,12,13). The van der Waals surface area contributed by atoms with Crippen LogP contribution in [0.25, 0.3) is 0 Å². The summed E-state index contributed by atoms with van der Waals surface area (Å²) in [5, 5.41) is 2.80. The predicted octanol–water partition coefficient (Wildman–Crippen LogP) is 1.66. The number of benzene rings is 1. The SMILES string of the molecule is COc1ccc2c(c1)OCC(C)C(=O)N2. The first-order valence-corrected chi connectivity index (χ1v) is 4.82. The third-order valence-electron chi connectivity index (χ3n) is 2.38. The molecular weight excluding hydrogens is 194 g/mol. The van der Waals surface area contributed by atoms with E-state index in [1.165, 1.54) is 0 Å². The van der Waals surface area contributed by atoms with E-state index in [1.807, 2.05) is 6.92 Å². The minimum Gasteiger partial charge on any atom is -0.497 e. The molecule has 1 aromatic carbocycles. The van der Waals surface area contributed by atoms with Gasteiger partial charge in [-0.25, -0.2) is 0 Å². The van der Waals surface area contributed by atoms with Gasteiger partial charge in [-0.05, 0) is 12.1 Å². The highest BCUT2D eigenvalue weighted by molar-refractivity contribution is 5.94. The molecule has 1 heterocycles. The zero-order chi connectivity index (χ0) is 10.8. The number of carbonyl (C=O) groups excluding carboxylic acids is 1. The van der Waals surface area contributed by atoms with E-state index < -0.39 is 0 Å². The summed E-state index contributed by atoms with van der Waals surface area (Å²) in [6.45, 7) is 2.23. The molecule has 0 saturated carbocycles. The van der Waals surface area contributed by atoms with Crippen molar-refractivity contribution in [2.24, 2.45) is 5.92 Å². The molecule has 1 aliphatic rings. The van der Waals surface area contributed by atoms with E-state index in [0.717, 1.165) is 5.75 Å². The van der Waals surface area contributed by atoms with Crippen LogP contribution in [-0.4, -0.2) is 19.6 Å². The van der Waals surface area contributed by atoms with E-state index in [1.54, 1.807) is 25.3 Å². The largest absolute Gasteiger partial charge is 0.497 e. The van der Waals surface area contributed by atoms with Crippen LogP contribution in [0.3, 0.4) is 0 Å². The lowest BCUT2D eigenvalue weighted by molar-refractivity contribution is -0.119. The fraction of sp³-hybridized carbons (Fsp3) is 0.364. The molecule has 1 amide bonds. The van der Waals surface area contributed by atoms with Crippen molar-refractivity contribution < 1.29 is 14.3 Å². The van der Waals surface area contributed by atoms with Crippen molar-refractivity contribution >= 4 is 11.6 Å². The molecule has 2 rings (SSSR count). The van der Waals surface area contributed by atoms with E-state index in [9.17, 15) is 4.79 Å².